The number of amides is 2. The van der Waals surface area contributed by atoms with E-state index in [1.807, 2.05) is 34.6 Å². The number of phenolic OH excluding ortho intramolecular Hbond substituents is 2. The third-order valence-corrected chi connectivity index (χ3v) is 8.44. The number of carbonyl (C=O) groups is 2. The zero-order chi connectivity index (χ0) is 34.0. The maximum Gasteiger partial charge on any atom is 0.269 e. The average molecular weight is 708 g/mol. The summed E-state index contributed by atoms with van der Waals surface area (Å²) in [6.07, 6.45) is 4.78. The van der Waals surface area contributed by atoms with Gasteiger partial charge in [0, 0.05) is 18.8 Å². The van der Waals surface area contributed by atoms with E-state index in [1.54, 1.807) is 24.3 Å². The van der Waals surface area contributed by atoms with Crippen LogP contribution in [0.25, 0.3) is 0 Å². The van der Waals surface area contributed by atoms with Gasteiger partial charge < -0.3 is 37.3 Å². The molecule has 9 N–H and O–H groups in total. The topological polar surface area (TPSA) is 196 Å². The summed E-state index contributed by atoms with van der Waals surface area (Å²) >= 11 is 0. The molecule has 0 aliphatic carbocycles. The standard InChI is InChI=1S/C35H50N6O5.2ClH/c1-20-14-25(42)15-21(2)27(20)18-29(36)33(44)38-12-8-6-10-31-24(5)40-32(35(46)41-31)11-7-9-13-39-34(45)30(37)19-28-22(3)16-26(43)17-23(28)4;;/h14-17,29-30,42-43H,6-13,18-19,36-37H2,1-5H3,(H,38,44)(H,39,45)(H,41,46);2*1H. The molecule has 0 bridgehead atoms. The van der Waals surface area contributed by atoms with E-state index < -0.39 is 12.1 Å². The van der Waals surface area contributed by atoms with Crippen LogP contribution in [0.5, 0.6) is 11.5 Å². The molecule has 2 aromatic carbocycles. The molecule has 3 aromatic rings. The number of aryl methyl sites for hydroxylation is 7. The Morgan fingerprint density at radius 2 is 1.12 bits per heavy atom. The van der Waals surface area contributed by atoms with Crippen LogP contribution in [0.4, 0.5) is 0 Å². The quantitative estimate of drug-likeness (QED) is 0.110. The van der Waals surface area contributed by atoms with Crippen LogP contribution in [-0.4, -0.2) is 57.2 Å². The van der Waals surface area contributed by atoms with Crippen molar-refractivity contribution in [3.63, 3.8) is 0 Å². The van der Waals surface area contributed by atoms with Crippen molar-refractivity contribution in [1.82, 2.24) is 20.6 Å². The van der Waals surface area contributed by atoms with Gasteiger partial charge in [0.1, 0.15) is 17.2 Å². The summed E-state index contributed by atoms with van der Waals surface area (Å²) in [4.78, 5) is 45.2. The second kappa shape index (κ2) is 20.0. The van der Waals surface area contributed by atoms with Crippen LogP contribution in [-0.2, 0) is 35.3 Å². The Morgan fingerprint density at radius 3 is 1.54 bits per heavy atom. The molecule has 2 unspecified atom stereocenters. The predicted octanol–water partition coefficient (Wildman–Crippen LogP) is 3.58. The number of hydrogen-bond donors (Lipinski definition) is 7. The van der Waals surface area contributed by atoms with Crippen molar-refractivity contribution in [2.75, 3.05) is 13.1 Å². The molecule has 0 radical (unpaired) electrons. The molecule has 0 spiro atoms. The number of nitrogens with zero attached hydrogens (tertiary/aromatic N) is 1. The molecular weight excluding hydrogens is 655 g/mol. The minimum atomic E-state index is -0.694. The Labute approximate surface area is 295 Å². The molecule has 48 heavy (non-hydrogen) atoms. The Morgan fingerprint density at radius 1 is 0.729 bits per heavy atom. The van der Waals surface area contributed by atoms with Gasteiger partial charge in [-0.25, -0.2) is 0 Å². The average Bonchev–Trinajstić information content (AvgIpc) is 2.97. The first-order valence-corrected chi connectivity index (χ1v) is 16.0. The van der Waals surface area contributed by atoms with Gasteiger partial charge in [0.2, 0.25) is 11.8 Å². The summed E-state index contributed by atoms with van der Waals surface area (Å²) < 4.78 is 0. The Bertz CT molecular complexity index is 1550. The van der Waals surface area contributed by atoms with Gasteiger partial charge in [0.15, 0.2) is 0 Å². The minimum absolute atomic E-state index is 0. The molecule has 3 rings (SSSR count). The summed E-state index contributed by atoms with van der Waals surface area (Å²) in [6, 6.07) is 5.30. The highest BCUT2D eigenvalue weighted by Gasteiger charge is 2.18. The number of aromatic nitrogens is 2. The van der Waals surface area contributed by atoms with Gasteiger partial charge >= 0.3 is 0 Å². The maximum absolute atomic E-state index is 12.7. The molecule has 0 aliphatic heterocycles. The van der Waals surface area contributed by atoms with Crippen LogP contribution in [0.1, 0.15) is 76.1 Å². The molecule has 2 amide bonds. The van der Waals surface area contributed by atoms with Crippen LogP contribution in [0.15, 0.2) is 29.1 Å². The van der Waals surface area contributed by atoms with Gasteiger partial charge in [-0.3, -0.25) is 19.4 Å². The number of carbonyl (C=O) groups excluding carboxylic acids is 2. The molecule has 266 valence electrons. The SMILES string of the molecule is Cc1cc(O)cc(C)c1CC(N)C(=O)NCCCCc1[nH]c(=O)c(CCCCNC(=O)C(N)Cc2c(C)cc(O)cc2C)nc1C.Cl.Cl. The van der Waals surface area contributed by atoms with Crippen LogP contribution >= 0.6 is 24.8 Å². The van der Waals surface area contributed by atoms with Crippen LogP contribution < -0.4 is 27.7 Å². The van der Waals surface area contributed by atoms with E-state index in [2.05, 4.69) is 20.6 Å². The van der Waals surface area contributed by atoms with Crippen LogP contribution in [0.3, 0.4) is 0 Å². The van der Waals surface area contributed by atoms with Crippen molar-refractivity contribution in [1.29, 1.82) is 0 Å². The first-order chi connectivity index (χ1) is 21.8. The number of benzene rings is 2. The number of aromatic hydroxyl groups is 2. The first-order valence-electron chi connectivity index (χ1n) is 16.0. The summed E-state index contributed by atoms with van der Waals surface area (Å²) in [6.45, 7) is 10.4. The molecule has 2 atom stereocenters. The molecule has 0 aliphatic rings. The molecule has 13 heteroatoms. The van der Waals surface area contributed by atoms with Gasteiger partial charge in [-0.05, 0) is 144 Å². The van der Waals surface area contributed by atoms with Crippen molar-refractivity contribution in [2.24, 2.45) is 11.5 Å². The van der Waals surface area contributed by atoms with Crippen molar-refractivity contribution < 1.29 is 19.8 Å². The number of nitrogens with one attached hydrogen (secondary N) is 3. The number of rotatable bonds is 16. The number of hydrogen-bond acceptors (Lipinski definition) is 8. The first kappa shape index (κ1) is 42.4. The van der Waals surface area contributed by atoms with Gasteiger partial charge in [-0.15, -0.1) is 24.8 Å². The lowest BCUT2D eigenvalue weighted by atomic mass is 9.96. The number of halogens is 2. The number of aromatic amines is 1. The zero-order valence-electron chi connectivity index (χ0n) is 28.6. The normalized spacial score (nSPS) is 12.0. The molecule has 0 saturated heterocycles. The fourth-order valence-corrected chi connectivity index (χ4v) is 5.77. The Hall–Kier alpha value is -3.64. The smallest absolute Gasteiger partial charge is 0.269 e. The van der Waals surface area contributed by atoms with Gasteiger partial charge in [-0.1, -0.05) is 0 Å². The monoisotopic (exact) mass is 706 g/mol. The van der Waals surface area contributed by atoms with Gasteiger partial charge in [0.25, 0.3) is 5.56 Å². The van der Waals surface area contributed by atoms with Gasteiger partial charge in [0.05, 0.1) is 17.8 Å². The maximum atomic E-state index is 12.7. The van der Waals surface area contributed by atoms with Crippen LogP contribution in [0, 0.1) is 34.6 Å². The number of nitrogens with two attached hydrogens (primary N) is 2. The summed E-state index contributed by atoms with van der Waals surface area (Å²) in [5.74, 6) is -0.0520. The lowest BCUT2D eigenvalue weighted by Gasteiger charge is -2.16. The highest BCUT2D eigenvalue weighted by atomic mass is 35.5. The molecule has 1 aromatic heterocycles. The molecule has 0 fully saturated rings. The largest absolute Gasteiger partial charge is 0.508 e. The number of H-pyrrole nitrogens is 1. The van der Waals surface area contributed by atoms with E-state index in [0.29, 0.717) is 57.3 Å². The van der Waals surface area contributed by atoms with E-state index in [-0.39, 0.29) is 53.7 Å². The fourth-order valence-electron chi connectivity index (χ4n) is 5.77. The van der Waals surface area contributed by atoms with Crippen molar-refractivity contribution >= 4 is 36.6 Å². The summed E-state index contributed by atoms with van der Waals surface area (Å²) in [5, 5.41) is 25.2. The lowest BCUT2D eigenvalue weighted by Crippen LogP contribution is -2.42. The highest BCUT2D eigenvalue weighted by molar-refractivity contribution is 5.85. The van der Waals surface area contributed by atoms with Crippen LogP contribution in [0.2, 0.25) is 0 Å². The third-order valence-electron chi connectivity index (χ3n) is 8.44. The molecule has 0 saturated carbocycles. The number of unbranched alkanes of at least 4 members (excludes halogenated alkanes) is 2. The van der Waals surface area contributed by atoms with Crippen molar-refractivity contribution in [2.45, 2.75) is 98.1 Å². The lowest BCUT2D eigenvalue weighted by molar-refractivity contribution is -0.123. The molecule has 11 nitrogen and oxygen atoms in total. The predicted molar refractivity (Wildman–Crippen MR) is 195 cm³/mol. The molecule has 1 heterocycles. The second-order valence-corrected chi connectivity index (χ2v) is 12.3. The van der Waals surface area contributed by atoms with E-state index >= 15 is 0 Å². The summed E-state index contributed by atoms with van der Waals surface area (Å²) in [7, 11) is 0. The molecular formula is C35H52Cl2N6O5. The Kier molecular flexibility index (Phi) is 17.7. The van der Waals surface area contributed by atoms with Crippen molar-refractivity contribution in [3.8, 4) is 11.5 Å². The second-order valence-electron chi connectivity index (χ2n) is 12.3. The summed E-state index contributed by atoms with van der Waals surface area (Å²) in [5.41, 5.74) is 19.7. The third kappa shape index (κ3) is 12.4. The van der Waals surface area contributed by atoms with E-state index in [0.717, 1.165) is 57.6 Å². The Balaban J connectivity index is 0.00000576. The zero-order valence-corrected chi connectivity index (χ0v) is 30.2. The number of phenols is 2. The van der Waals surface area contributed by atoms with Gasteiger partial charge in [-0.2, -0.15) is 0 Å². The van der Waals surface area contributed by atoms with Crippen molar-refractivity contribution in [3.05, 3.63) is 85.1 Å². The fraction of sp³-hybridized carbons (Fsp3) is 0.486. The highest BCUT2D eigenvalue weighted by Crippen LogP contribution is 2.23. The van der Waals surface area contributed by atoms with E-state index in [4.69, 9.17) is 11.5 Å². The van der Waals surface area contributed by atoms with E-state index in [1.165, 1.54) is 0 Å². The minimum Gasteiger partial charge on any atom is -0.508 e. The van der Waals surface area contributed by atoms with E-state index in [9.17, 15) is 24.6 Å².